The second-order valence-corrected chi connectivity index (χ2v) is 8.05. The molecule has 0 fully saturated rings. The Morgan fingerprint density at radius 3 is 2.48 bits per heavy atom. The van der Waals surface area contributed by atoms with Crippen molar-refractivity contribution >= 4 is 34.0 Å². The Bertz CT molecular complexity index is 1380. The molecule has 0 atom stereocenters. The topological polar surface area (TPSA) is 83.7 Å². The lowest BCUT2D eigenvalue weighted by atomic mass is 9.93. The van der Waals surface area contributed by atoms with E-state index >= 15 is 0 Å². The highest BCUT2D eigenvalue weighted by atomic mass is 16.4. The Labute approximate surface area is 191 Å². The lowest BCUT2D eigenvalue weighted by Gasteiger charge is -2.13. The van der Waals surface area contributed by atoms with Gasteiger partial charge in [-0.2, -0.15) is 5.10 Å². The summed E-state index contributed by atoms with van der Waals surface area (Å²) in [4.78, 5) is 25.5. The van der Waals surface area contributed by atoms with E-state index in [1.165, 1.54) is 0 Å². The maximum absolute atomic E-state index is 13.1. The largest absolute Gasteiger partial charge is 0.455 e. The zero-order chi connectivity index (χ0) is 22.8. The van der Waals surface area contributed by atoms with Gasteiger partial charge in [0.15, 0.2) is 5.76 Å². The van der Waals surface area contributed by atoms with Crippen LogP contribution in [0, 0.1) is 6.92 Å². The first-order valence-electron chi connectivity index (χ1n) is 11.0. The molecule has 6 nitrogen and oxygen atoms in total. The van der Waals surface area contributed by atoms with E-state index in [0.717, 1.165) is 51.9 Å². The fraction of sp³-hybridized carbons (Fsp3) is 0.148. The van der Waals surface area contributed by atoms with E-state index in [4.69, 9.17) is 4.42 Å². The normalized spacial score (nSPS) is 14.2. The van der Waals surface area contributed by atoms with Crippen molar-refractivity contribution in [3.63, 3.8) is 0 Å². The SMILES string of the molecule is Cc1c(C(=O)Nc2cccc3ccccc23)oc2c1/C(=N/NC(=O)c1ccccc1)CCC2. The van der Waals surface area contributed by atoms with Crippen LogP contribution >= 0.6 is 0 Å². The highest BCUT2D eigenvalue weighted by Gasteiger charge is 2.28. The summed E-state index contributed by atoms with van der Waals surface area (Å²) < 4.78 is 6.00. The van der Waals surface area contributed by atoms with Crippen LogP contribution in [0.2, 0.25) is 0 Å². The van der Waals surface area contributed by atoms with Gasteiger partial charge in [-0.3, -0.25) is 9.59 Å². The zero-order valence-corrected chi connectivity index (χ0v) is 18.2. The van der Waals surface area contributed by atoms with Crippen molar-refractivity contribution < 1.29 is 14.0 Å². The van der Waals surface area contributed by atoms with Crippen LogP contribution in [-0.2, 0) is 6.42 Å². The molecule has 2 N–H and O–H groups in total. The number of rotatable bonds is 4. The minimum absolute atomic E-state index is 0.273. The molecular weight excluding hydrogens is 414 g/mol. The van der Waals surface area contributed by atoms with Gasteiger partial charge in [0.1, 0.15) is 5.76 Å². The van der Waals surface area contributed by atoms with E-state index in [0.29, 0.717) is 12.0 Å². The van der Waals surface area contributed by atoms with Crippen LogP contribution in [0.3, 0.4) is 0 Å². The smallest absolute Gasteiger partial charge is 0.291 e. The third-order valence-electron chi connectivity index (χ3n) is 5.90. The zero-order valence-electron chi connectivity index (χ0n) is 18.2. The van der Waals surface area contributed by atoms with Gasteiger partial charge in [-0.1, -0.05) is 54.6 Å². The molecule has 1 aromatic heterocycles. The highest BCUT2D eigenvalue weighted by molar-refractivity contribution is 6.11. The number of furan rings is 1. The molecule has 4 aromatic rings. The monoisotopic (exact) mass is 437 g/mol. The Morgan fingerprint density at radius 2 is 1.64 bits per heavy atom. The number of hydrazone groups is 1. The molecule has 1 aliphatic rings. The van der Waals surface area contributed by atoms with Crippen LogP contribution in [0.15, 0.2) is 82.3 Å². The molecule has 1 heterocycles. The number of carbonyl (C=O) groups is 2. The molecule has 0 saturated heterocycles. The van der Waals surface area contributed by atoms with Gasteiger partial charge in [0.25, 0.3) is 11.8 Å². The van der Waals surface area contributed by atoms with Gasteiger partial charge < -0.3 is 9.73 Å². The summed E-state index contributed by atoms with van der Waals surface area (Å²) in [6.07, 6.45) is 2.26. The van der Waals surface area contributed by atoms with Crippen molar-refractivity contribution in [3.05, 3.63) is 101 Å². The Balaban J connectivity index is 1.41. The molecular formula is C27H23N3O3. The van der Waals surface area contributed by atoms with Crippen LogP contribution in [0.4, 0.5) is 5.69 Å². The number of amides is 2. The second-order valence-electron chi connectivity index (χ2n) is 8.05. The van der Waals surface area contributed by atoms with Crippen LogP contribution in [0.1, 0.15) is 50.6 Å². The van der Waals surface area contributed by atoms with Gasteiger partial charge in [0.05, 0.1) is 5.71 Å². The minimum Gasteiger partial charge on any atom is -0.455 e. The number of anilines is 1. The number of carbonyl (C=O) groups excluding carboxylic acids is 2. The molecule has 3 aromatic carbocycles. The molecule has 2 amide bonds. The number of fused-ring (bicyclic) bond motifs is 2. The standard InChI is InChI=1S/C27H23N3O3/c1-17-24-22(29-30-26(31)19-10-3-2-4-11-19)15-8-16-23(24)33-25(17)27(32)28-21-14-7-12-18-9-5-6-13-20(18)21/h2-7,9-14H,8,15-16H2,1H3,(H,28,32)(H,30,31)/b29-22+. The average Bonchev–Trinajstić information content (AvgIpc) is 3.20. The molecule has 1 aliphatic carbocycles. The lowest BCUT2D eigenvalue weighted by molar-refractivity contribution is 0.0953. The molecule has 0 unspecified atom stereocenters. The Morgan fingerprint density at radius 1 is 0.879 bits per heavy atom. The predicted molar refractivity (Wildman–Crippen MR) is 129 cm³/mol. The van der Waals surface area contributed by atoms with Crippen LogP contribution < -0.4 is 10.7 Å². The first-order valence-corrected chi connectivity index (χ1v) is 11.0. The molecule has 6 heteroatoms. The number of nitrogens with zero attached hydrogens (tertiary/aromatic N) is 1. The van der Waals surface area contributed by atoms with E-state index in [-0.39, 0.29) is 17.6 Å². The summed E-state index contributed by atoms with van der Waals surface area (Å²) in [5.74, 6) is 0.433. The summed E-state index contributed by atoms with van der Waals surface area (Å²) in [5, 5.41) is 9.40. The van der Waals surface area contributed by atoms with Crippen molar-refractivity contribution in [2.75, 3.05) is 5.32 Å². The van der Waals surface area contributed by atoms with Gasteiger partial charge in [0, 0.05) is 34.2 Å². The summed E-state index contributed by atoms with van der Waals surface area (Å²) in [5.41, 5.74) is 6.19. The molecule has 0 radical (unpaired) electrons. The quantitative estimate of drug-likeness (QED) is 0.416. The van der Waals surface area contributed by atoms with E-state index < -0.39 is 0 Å². The van der Waals surface area contributed by atoms with Gasteiger partial charge in [-0.25, -0.2) is 5.43 Å². The van der Waals surface area contributed by atoms with E-state index in [9.17, 15) is 9.59 Å². The van der Waals surface area contributed by atoms with Crippen LogP contribution in [0.5, 0.6) is 0 Å². The summed E-state index contributed by atoms with van der Waals surface area (Å²) >= 11 is 0. The third-order valence-corrected chi connectivity index (χ3v) is 5.90. The molecule has 164 valence electrons. The van der Waals surface area contributed by atoms with Crippen molar-refractivity contribution in [1.82, 2.24) is 5.43 Å². The number of benzene rings is 3. The highest BCUT2D eigenvalue weighted by Crippen LogP contribution is 2.31. The van der Waals surface area contributed by atoms with Crippen molar-refractivity contribution in [3.8, 4) is 0 Å². The lowest BCUT2D eigenvalue weighted by Crippen LogP contribution is -2.22. The fourth-order valence-corrected chi connectivity index (χ4v) is 4.28. The summed E-state index contributed by atoms with van der Waals surface area (Å²) in [6, 6.07) is 22.6. The molecule has 0 bridgehead atoms. The minimum atomic E-state index is -0.300. The van der Waals surface area contributed by atoms with E-state index in [2.05, 4.69) is 15.8 Å². The van der Waals surface area contributed by atoms with Gasteiger partial charge in [-0.15, -0.1) is 0 Å². The van der Waals surface area contributed by atoms with Crippen LogP contribution in [0.25, 0.3) is 10.8 Å². The first kappa shape index (κ1) is 20.7. The van der Waals surface area contributed by atoms with Crippen LogP contribution in [-0.4, -0.2) is 17.5 Å². The number of aryl methyl sites for hydroxylation is 1. The molecule has 33 heavy (non-hydrogen) atoms. The third kappa shape index (κ3) is 4.03. The first-order chi connectivity index (χ1) is 16.1. The number of hydrogen-bond donors (Lipinski definition) is 2. The van der Waals surface area contributed by atoms with E-state index in [1.807, 2.05) is 67.6 Å². The van der Waals surface area contributed by atoms with E-state index in [1.54, 1.807) is 12.1 Å². The average molecular weight is 437 g/mol. The molecule has 5 rings (SSSR count). The number of hydrogen-bond acceptors (Lipinski definition) is 4. The second kappa shape index (κ2) is 8.74. The maximum Gasteiger partial charge on any atom is 0.291 e. The van der Waals surface area contributed by atoms with Crippen molar-refractivity contribution in [1.29, 1.82) is 0 Å². The van der Waals surface area contributed by atoms with Gasteiger partial charge in [-0.05, 0) is 43.4 Å². The molecule has 0 spiro atoms. The predicted octanol–water partition coefficient (Wildman–Crippen LogP) is 5.46. The number of nitrogens with one attached hydrogen (secondary N) is 2. The molecule has 0 saturated carbocycles. The van der Waals surface area contributed by atoms with Gasteiger partial charge in [0.2, 0.25) is 0 Å². The Kier molecular flexibility index (Phi) is 5.48. The molecule has 0 aliphatic heterocycles. The van der Waals surface area contributed by atoms with Crippen molar-refractivity contribution in [2.45, 2.75) is 26.2 Å². The fourth-order valence-electron chi connectivity index (χ4n) is 4.28. The Hall–Kier alpha value is -4.19. The van der Waals surface area contributed by atoms with Crippen molar-refractivity contribution in [2.24, 2.45) is 5.10 Å². The summed E-state index contributed by atoms with van der Waals surface area (Å²) in [7, 11) is 0. The summed E-state index contributed by atoms with van der Waals surface area (Å²) in [6.45, 7) is 1.86. The maximum atomic E-state index is 13.1. The van der Waals surface area contributed by atoms with Gasteiger partial charge >= 0.3 is 0 Å².